The number of nitrogens with zero attached hydrogens (tertiary/aromatic N) is 1. The molecule has 0 bridgehead atoms. The van der Waals surface area contributed by atoms with Crippen LogP contribution in [0.2, 0.25) is 5.02 Å². The molecule has 1 amide bonds. The quantitative estimate of drug-likeness (QED) is 0.548. The Balaban J connectivity index is 1.66. The number of hydrogen-bond acceptors (Lipinski definition) is 4. The van der Waals surface area contributed by atoms with Crippen molar-refractivity contribution < 1.29 is 4.79 Å². The van der Waals surface area contributed by atoms with Gasteiger partial charge in [-0.1, -0.05) is 17.7 Å². The summed E-state index contributed by atoms with van der Waals surface area (Å²) in [5, 5.41) is 5.51. The molecule has 0 saturated carbocycles. The van der Waals surface area contributed by atoms with Gasteiger partial charge in [-0.25, -0.2) is 4.98 Å². The average Bonchev–Trinajstić information content (AvgIpc) is 3.10. The van der Waals surface area contributed by atoms with E-state index in [9.17, 15) is 4.79 Å². The fourth-order valence-electron chi connectivity index (χ4n) is 2.43. The van der Waals surface area contributed by atoms with Crippen LogP contribution in [-0.4, -0.2) is 10.9 Å². The van der Waals surface area contributed by atoms with Crippen LogP contribution in [-0.2, 0) is 5.75 Å². The number of hydrogen-bond donors (Lipinski definition) is 1. The first kappa shape index (κ1) is 18.0. The van der Waals surface area contributed by atoms with E-state index in [1.807, 2.05) is 61.1 Å². The highest BCUT2D eigenvalue weighted by molar-refractivity contribution is 7.98. The molecule has 0 unspecified atom stereocenters. The van der Waals surface area contributed by atoms with Crippen LogP contribution in [0, 0.1) is 13.8 Å². The van der Waals surface area contributed by atoms with E-state index < -0.39 is 0 Å². The van der Waals surface area contributed by atoms with Crippen LogP contribution in [0.1, 0.15) is 27.2 Å². The maximum atomic E-state index is 12.5. The Morgan fingerprint density at radius 3 is 2.64 bits per heavy atom. The van der Waals surface area contributed by atoms with Gasteiger partial charge in [-0.05, 0) is 55.3 Å². The fraction of sp³-hybridized carbons (Fsp3) is 0.158. The summed E-state index contributed by atoms with van der Waals surface area (Å²) in [6.45, 7) is 3.92. The minimum absolute atomic E-state index is 0.162. The summed E-state index contributed by atoms with van der Waals surface area (Å²) in [6, 6.07) is 11.4. The summed E-state index contributed by atoms with van der Waals surface area (Å²) >= 11 is 9.56. The zero-order valence-electron chi connectivity index (χ0n) is 13.9. The zero-order valence-corrected chi connectivity index (χ0v) is 16.3. The first-order valence-electron chi connectivity index (χ1n) is 7.71. The van der Waals surface area contributed by atoms with Gasteiger partial charge in [0.25, 0.3) is 5.91 Å². The van der Waals surface area contributed by atoms with Crippen molar-refractivity contribution in [3.05, 3.63) is 74.7 Å². The van der Waals surface area contributed by atoms with Crippen molar-refractivity contribution in [2.24, 2.45) is 0 Å². The second-order valence-corrected chi connectivity index (χ2v) is 7.86. The molecule has 0 atom stereocenters. The van der Waals surface area contributed by atoms with Crippen molar-refractivity contribution in [2.75, 3.05) is 5.32 Å². The second-order valence-electron chi connectivity index (χ2n) is 5.69. The van der Waals surface area contributed by atoms with Gasteiger partial charge in [-0.2, -0.15) is 0 Å². The Hall–Kier alpha value is -1.82. The highest BCUT2D eigenvalue weighted by Crippen LogP contribution is 2.28. The Bertz CT molecular complexity index is 854. The number of aromatic nitrogens is 1. The van der Waals surface area contributed by atoms with Crippen molar-refractivity contribution in [1.82, 2.24) is 4.98 Å². The molecular formula is C19H17ClN2OS2. The Morgan fingerprint density at radius 2 is 2.00 bits per heavy atom. The lowest BCUT2D eigenvalue weighted by Crippen LogP contribution is -2.13. The molecule has 0 spiro atoms. The van der Waals surface area contributed by atoms with E-state index in [0.29, 0.717) is 16.3 Å². The number of anilines is 1. The predicted octanol–water partition coefficient (Wildman–Crippen LogP) is 5.96. The maximum Gasteiger partial charge on any atom is 0.255 e. The van der Waals surface area contributed by atoms with E-state index in [-0.39, 0.29) is 5.91 Å². The fourth-order valence-corrected chi connectivity index (χ4v) is 4.26. The number of carbonyl (C=O) groups is 1. The molecule has 2 aromatic carbocycles. The van der Waals surface area contributed by atoms with Gasteiger partial charge in [0.05, 0.1) is 21.9 Å². The monoisotopic (exact) mass is 388 g/mol. The van der Waals surface area contributed by atoms with Crippen LogP contribution >= 0.6 is 34.7 Å². The number of benzene rings is 2. The van der Waals surface area contributed by atoms with Gasteiger partial charge in [0, 0.05) is 21.6 Å². The molecule has 3 nitrogen and oxygen atoms in total. The lowest BCUT2D eigenvalue weighted by atomic mass is 10.1. The number of amides is 1. The average molecular weight is 389 g/mol. The minimum Gasteiger partial charge on any atom is -0.320 e. The van der Waals surface area contributed by atoms with Gasteiger partial charge < -0.3 is 5.32 Å². The summed E-state index contributed by atoms with van der Waals surface area (Å²) in [6.07, 6.45) is 0. The normalized spacial score (nSPS) is 10.7. The number of carbonyl (C=O) groups excluding carboxylic acids is 1. The molecule has 25 heavy (non-hydrogen) atoms. The first-order chi connectivity index (χ1) is 12.0. The van der Waals surface area contributed by atoms with Crippen molar-refractivity contribution in [1.29, 1.82) is 0 Å². The molecule has 0 saturated heterocycles. The zero-order chi connectivity index (χ0) is 17.8. The molecule has 0 aliphatic rings. The SMILES string of the molecule is Cc1cc(C)c(NC(=O)c2ccc(SCc3cscn3)cc2)c(Cl)c1. The van der Waals surface area contributed by atoms with Crippen LogP contribution in [0.15, 0.2) is 52.2 Å². The topological polar surface area (TPSA) is 42.0 Å². The molecular weight excluding hydrogens is 372 g/mol. The highest BCUT2D eigenvalue weighted by atomic mass is 35.5. The minimum atomic E-state index is -0.162. The third-order valence-corrected chi connectivity index (χ3v) is 5.64. The molecule has 0 radical (unpaired) electrons. The van der Waals surface area contributed by atoms with Gasteiger partial charge in [0.2, 0.25) is 0 Å². The number of halogens is 1. The van der Waals surface area contributed by atoms with E-state index >= 15 is 0 Å². The standard InChI is InChI=1S/C19H17ClN2OS2/c1-12-7-13(2)18(17(20)8-12)22-19(23)14-3-5-16(6-4-14)25-10-15-9-24-11-21-15/h3-9,11H,10H2,1-2H3,(H,22,23). The summed E-state index contributed by atoms with van der Waals surface area (Å²) < 4.78 is 0. The molecule has 6 heteroatoms. The molecule has 128 valence electrons. The van der Waals surface area contributed by atoms with Gasteiger partial charge in [0.15, 0.2) is 0 Å². The van der Waals surface area contributed by atoms with Crippen molar-refractivity contribution in [2.45, 2.75) is 24.5 Å². The van der Waals surface area contributed by atoms with Gasteiger partial charge in [0.1, 0.15) is 0 Å². The van der Waals surface area contributed by atoms with Gasteiger partial charge >= 0.3 is 0 Å². The number of rotatable bonds is 5. The first-order valence-corrected chi connectivity index (χ1v) is 10.0. The van der Waals surface area contributed by atoms with Crippen LogP contribution in [0.4, 0.5) is 5.69 Å². The van der Waals surface area contributed by atoms with Crippen LogP contribution < -0.4 is 5.32 Å². The van der Waals surface area contributed by atoms with Crippen molar-refractivity contribution in [3.8, 4) is 0 Å². The van der Waals surface area contributed by atoms with Crippen LogP contribution in [0.3, 0.4) is 0 Å². The molecule has 3 aromatic rings. The third kappa shape index (κ3) is 4.63. The maximum absolute atomic E-state index is 12.5. The lowest BCUT2D eigenvalue weighted by Gasteiger charge is -2.12. The lowest BCUT2D eigenvalue weighted by molar-refractivity contribution is 0.102. The van der Waals surface area contributed by atoms with E-state index in [1.54, 1.807) is 23.1 Å². The predicted molar refractivity (Wildman–Crippen MR) is 107 cm³/mol. The second kappa shape index (κ2) is 8.04. The van der Waals surface area contributed by atoms with E-state index in [1.165, 1.54) is 0 Å². The van der Waals surface area contributed by atoms with Crippen molar-refractivity contribution in [3.63, 3.8) is 0 Å². The van der Waals surface area contributed by atoms with E-state index in [0.717, 1.165) is 27.5 Å². The Morgan fingerprint density at radius 1 is 1.24 bits per heavy atom. The molecule has 1 aromatic heterocycles. The number of thiazole rings is 1. The molecule has 1 heterocycles. The molecule has 0 aliphatic heterocycles. The smallest absolute Gasteiger partial charge is 0.255 e. The summed E-state index contributed by atoms with van der Waals surface area (Å²) in [5.74, 6) is 0.664. The number of nitrogens with one attached hydrogen (secondary N) is 1. The van der Waals surface area contributed by atoms with E-state index in [4.69, 9.17) is 11.6 Å². The van der Waals surface area contributed by atoms with E-state index in [2.05, 4.69) is 10.3 Å². The van der Waals surface area contributed by atoms with Gasteiger partial charge in [-0.15, -0.1) is 23.1 Å². The highest BCUT2D eigenvalue weighted by Gasteiger charge is 2.11. The number of aryl methyl sites for hydroxylation is 2. The van der Waals surface area contributed by atoms with Crippen LogP contribution in [0.25, 0.3) is 0 Å². The summed E-state index contributed by atoms with van der Waals surface area (Å²) in [5.41, 5.74) is 6.20. The Kier molecular flexibility index (Phi) is 5.78. The molecule has 0 aliphatic carbocycles. The largest absolute Gasteiger partial charge is 0.320 e. The summed E-state index contributed by atoms with van der Waals surface area (Å²) in [7, 11) is 0. The number of thioether (sulfide) groups is 1. The van der Waals surface area contributed by atoms with Crippen LogP contribution in [0.5, 0.6) is 0 Å². The Labute approximate surface area is 160 Å². The molecule has 1 N–H and O–H groups in total. The van der Waals surface area contributed by atoms with Crippen molar-refractivity contribution >= 4 is 46.3 Å². The molecule has 3 rings (SSSR count). The molecule has 0 fully saturated rings. The third-order valence-electron chi connectivity index (χ3n) is 3.66. The van der Waals surface area contributed by atoms with Gasteiger partial charge in [-0.3, -0.25) is 4.79 Å². The summed E-state index contributed by atoms with van der Waals surface area (Å²) in [4.78, 5) is 17.8.